The normalized spacial score (nSPS) is 36.3. The van der Waals surface area contributed by atoms with Crippen molar-refractivity contribution in [3.8, 4) is 0 Å². The fourth-order valence-electron chi connectivity index (χ4n) is 4.46. The largest absolute Gasteiger partial charge is 0.388 e. The summed E-state index contributed by atoms with van der Waals surface area (Å²) in [5.74, 6) is -2.99. The molecule has 2 aliphatic heterocycles. The van der Waals surface area contributed by atoms with Gasteiger partial charge in [0.15, 0.2) is 12.4 Å². The number of aliphatic hydroxyl groups excluding tert-OH is 1. The lowest BCUT2D eigenvalue weighted by Crippen LogP contribution is -2.70. The molecule has 0 aliphatic carbocycles. The van der Waals surface area contributed by atoms with Gasteiger partial charge in [0, 0.05) is 26.7 Å². The molecule has 0 aromatic rings. The van der Waals surface area contributed by atoms with Crippen LogP contribution in [0.4, 0.5) is 0 Å². The monoisotopic (exact) mass is 517 g/mol. The summed E-state index contributed by atoms with van der Waals surface area (Å²) in [6.45, 7) is 7.15. The average Bonchev–Trinajstić information content (AvgIpc) is 2.78. The molecular formula is C21H35N5O10. The van der Waals surface area contributed by atoms with E-state index in [1.54, 1.807) is 13.8 Å². The number of carbonyl (C=O) groups excluding carboxylic acids is 5. The van der Waals surface area contributed by atoms with Crippen LogP contribution in [0.25, 0.3) is 0 Å². The fourth-order valence-corrected chi connectivity index (χ4v) is 4.46. The van der Waals surface area contributed by atoms with Crippen molar-refractivity contribution in [1.29, 1.82) is 0 Å². The molecule has 2 saturated heterocycles. The second-order valence-corrected chi connectivity index (χ2v) is 8.76. The van der Waals surface area contributed by atoms with Gasteiger partial charge in [-0.1, -0.05) is 13.8 Å². The van der Waals surface area contributed by atoms with Crippen LogP contribution in [-0.2, 0) is 43.0 Å². The Morgan fingerprint density at radius 3 is 2.00 bits per heavy atom. The van der Waals surface area contributed by atoms with E-state index < -0.39 is 84.7 Å². The number of primary amides is 1. The van der Waals surface area contributed by atoms with Crippen LogP contribution in [0.15, 0.2) is 0 Å². The van der Waals surface area contributed by atoms with E-state index in [9.17, 15) is 29.1 Å². The molecule has 0 bridgehead atoms. The number of carbonyl (C=O) groups is 5. The predicted octanol–water partition coefficient (Wildman–Crippen LogP) is -3.09. The lowest BCUT2D eigenvalue weighted by molar-refractivity contribution is -0.331. The minimum Gasteiger partial charge on any atom is -0.388 e. The molecule has 0 radical (unpaired) electrons. The number of rotatable bonds is 10. The fraction of sp³-hybridized carbons (Fsp3) is 0.762. The van der Waals surface area contributed by atoms with Crippen LogP contribution < -0.4 is 27.2 Å². The van der Waals surface area contributed by atoms with Gasteiger partial charge in [-0.05, 0) is 6.42 Å². The summed E-state index contributed by atoms with van der Waals surface area (Å²) in [4.78, 5) is 63.8. The summed E-state index contributed by atoms with van der Waals surface area (Å²) >= 11 is 0. The number of nitrogens with two attached hydrogens (primary N) is 1. The molecule has 2 rings (SSSR count). The van der Waals surface area contributed by atoms with Crippen LogP contribution in [0.5, 0.6) is 0 Å². The summed E-state index contributed by atoms with van der Waals surface area (Å²) in [6.07, 6.45) is -6.45. The topological polar surface area (TPSA) is 217 Å². The Kier molecular flexibility index (Phi) is 10.5. The summed E-state index contributed by atoms with van der Waals surface area (Å²) in [5, 5.41) is 18.7. The summed E-state index contributed by atoms with van der Waals surface area (Å²) in [5.41, 5.74) is 7.46. The maximum atomic E-state index is 12.1. The van der Waals surface area contributed by atoms with Gasteiger partial charge < -0.3 is 41.0 Å². The number of hydroxylamine groups is 1. The van der Waals surface area contributed by atoms with E-state index in [4.69, 9.17) is 24.8 Å². The van der Waals surface area contributed by atoms with E-state index in [0.717, 1.165) is 0 Å². The standard InChI is InChI=1S/C21H35N5O10/c1-6-12-16(31)14(25-10(4)29)15(26-11(5)30)20(33-12)34-17-8(2)13(24-9(3)28)18(19(22)32)35-21(17)36-23-7-27/h7-8,12-18,20-21,31H,6H2,1-5H3,(H2,22,32)(H,23,27)(H,24,28)(H,25,29)(H,26,30). The molecule has 0 spiro atoms. The Morgan fingerprint density at radius 2 is 1.50 bits per heavy atom. The first kappa shape index (κ1) is 29.4. The molecule has 15 heteroatoms. The third-order valence-corrected chi connectivity index (χ3v) is 6.01. The van der Waals surface area contributed by atoms with Crippen LogP contribution in [0.2, 0.25) is 0 Å². The maximum absolute atomic E-state index is 12.1. The maximum Gasteiger partial charge on any atom is 0.248 e. The Bertz CT molecular complexity index is 829. The quantitative estimate of drug-likeness (QED) is 0.127. The van der Waals surface area contributed by atoms with E-state index in [2.05, 4.69) is 16.0 Å². The number of amides is 5. The molecule has 0 saturated carbocycles. The molecule has 5 amide bonds. The third kappa shape index (κ3) is 7.10. The van der Waals surface area contributed by atoms with E-state index in [1.165, 1.54) is 20.8 Å². The van der Waals surface area contributed by atoms with Crippen molar-refractivity contribution >= 4 is 30.0 Å². The molecule has 10 atom stereocenters. The van der Waals surface area contributed by atoms with Gasteiger partial charge in [-0.15, -0.1) is 0 Å². The molecule has 7 N–H and O–H groups in total. The summed E-state index contributed by atoms with van der Waals surface area (Å²) < 4.78 is 17.8. The summed E-state index contributed by atoms with van der Waals surface area (Å²) in [6, 6.07) is -2.97. The van der Waals surface area contributed by atoms with Crippen LogP contribution in [-0.4, -0.2) is 90.3 Å². The lowest BCUT2D eigenvalue weighted by Gasteiger charge is -2.49. The first-order valence-corrected chi connectivity index (χ1v) is 11.5. The number of aliphatic hydroxyl groups is 1. The van der Waals surface area contributed by atoms with Gasteiger partial charge in [0.1, 0.15) is 18.2 Å². The van der Waals surface area contributed by atoms with Crippen molar-refractivity contribution in [3.63, 3.8) is 0 Å². The molecule has 36 heavy (non-hydrogen) atoms. The minimum absolute atomic E-state index is 0.234. The van der Waals surface area contributed by atoms with Crippen molar-refractivity contribution < 1.29 is 48.1 Å². The minimum atomic E-state index is -1.39. The zero-order valence-corrected chi connectivity index (χ0v) is 20.8. The number of hydrogen-bond acceptors (Lipinski definition) is 10. The van der Waals surface area contributed by atoms with Gasteiger partial charge in [-0.3, -0.25) is 24.0 Å². The Hall–Kier alpha value is -2.85. The highest BCUT2D eigenvalue weighted by molar-refractivity contribution is 5.81. The van der Waals surface area contributed by atoms with E-state index in [-0.39, 0.29) is 6.41 Å². The predicted molar refractivity (Wildman–Crippen MR) is 120 cm³/mol. The van der Waals surface area contributed by atoms with Crippen molar-refractivity contribution in [2.45, 2.75) is 96.2 Å². The first-order valence-electron chi connectivity index (χ1n) is 11.5. The zero-order chi connectivity index (χ0) is 27.2. The molecule has 0 aromatic carbocycles. The van der Waals surface area contributed by atoms with Gasteiger partial charge in [-0.25, -0.2) is 10.3 Å². The van der Waals surface area contributed by atoms with Gasteiger partial charge in [0.2, 0.25) is 36.3 Å². The Labute approximate surface area is 208 Å². The number of ether oxygens (including phenoxy) is 3. The molecule has 15 nitrogen and oxygen atoms in total. The Balaban J connectivity index is 2.45. The van der Waals surface area contributed by atoms with Gasteiger partial charge in [-0.2, -0.15) is 0 Å². The molecule has 2 fully saturated rings. The van der Waals surface area contributed by atoms with E-state index in [0.29, 0.717) is 6.42 Å². The van der Waals surface area contributed by atoms with Crippen LogP contribution >= 0.6 is 0 Å². The molecule has 10 unspecified atom stereocenters. The smallest absolute Gasteiger partial charge is 0.248 e. The molecule has 2 heterocycles. The second kappa shape index (κ2) is 12.9. The highest BCUT2D eigenvalue weighted by Gasteiger charge is 2.52. The van der Waals surface area contributed by atoms with Crippen LogP contribution in [0, 0.1) is 5.92 Å². The number of nitrogens with one attached hydrogen (secondary N) is 4. The summed E-state index contributed by atoms with van der Waals surface area (Å²) in [7, 11) is 0. The zero-order valence-electron chi connectivity index (χ0n) is 20.8. The van der Waals surface area contributed by atoms with Crippen LogP contribution in [0.1, 0.15) is 41.0 Å². The van der Waals surface area contributed by atoms with Gasteiger partial charge >= 0.3 is 0 Å². The van der Waals surface area contributed by atoms with Gasteiger partial charge in [0.25, 0.3) is 0 Å². The molecule has 204 valence electrons. The van der Waals surface area contributed by atoms with Gasteiger partial charge in [0.05, 0.1) is 18.2 Å². The average molecular weight is 518 g/mol. The van der Waals surface area contributed by atoms with E-state index >= 15 is 0 Å². The SMILES string of the molecule is CCC1OC(OC2C(ONC=O)OC(C(N)=O)C(NC(C)=O)C2C)C(NC(C)=O)C(NC(C)=O)C1O. The van der Waals surface area contributed by atoms with E-state index in [1.807, 2.05) is 5.48 Å². The highest BCUT2D eigenvalue weighted by atomic mass is 16.8. The first-order chi connectivity index (χ1) is 16.9. The van der Waals surface area contributed by atoms with Crippen molar-refractivity contribution in [2.24, 2.45) is 11.7 Å². The molecule has 0 aromatic heterocycles. The van der Waals surface area contributed by atoms with Crippen molar-refractivity contribution in [3.05, 3.63) is 0 Å². The van der Waals surface area contributed by atoms with Crippen molar-refractivity contribution in [1.82, 2.24) is 21.4 Å². The third-order valence-electron chi connectivity index (χ3n) is 6.01. The molecular weight excluding hydrogens is 482 g/mol. The second-order valence-electron chi connectivity index (χ2n) is 8.76. The highest BCUT2D eigenvalue weighted by Crippen LogP contribution is 2.33. The Morgan fingerprint density at radius 1 is 0.944 bits per heavy atom. The molecule has 2 aliphatic rings. The van der Waals surface area contributed by atoms with Crippen molar-refractivity contribution in [2.75, 3.05) is 0 Å². The number of hydrogen-bond donors (Lipinski definition) is 6. The van der Waals surface area contributed by atoms with Crippen LogP contribution in [0.3, 0.4) is 0 Å². The lowest BCUT2D eigenvalue weighted by atomic mass is 9.87.